The van der Waals surface area contributed by atoms with Crippen LogP contribution in [-0.2, 0) is 6.18 Å². The number of halogens is 3. The number of nitrogens with zero attached hydrogens (tertiary/aromatic N) is 4. The second-order valence-electron chi connectivity index (χ2n) is 5.35. The Morgan fingerprint density at radius 1 is 1.32 bits per heavy atom. The maximum Gasteiger partial charge on any atom is 0.453 e. The van der Waals surface area contributed by atoms with Gasteiger partial charge in [-0.2, -0.15) is 13.2 Å². The van der Waals surface area contributed by atoms with E-state index in [0.717, 1.165) is 22.2 Å². The van der Waals surface area contributed by atoms with Gasteiger partial charge in [0.1, 0.15) is 10.7 Å². The van der Waals surface area contributed by atoms with Gasteiger partial charge >= 0.3 is 6.18 Å². The Hall–Kier alpha value is -2.08. The molecule has 0 fully saturated rings. The number of aromatic amines is 1. The summed E-state index contributed by atoms with van der Waals surface area (Å²) >= 11 is 2.32. The Balaban J connectivity index is 1.94. The molecule has 0 aliphatic heterocycles. The summed E-state index contributed by atoms with van der Waals surface area (Å²) in [4.78, 5) is 21.0. The van der Waals surface area contributed by atoms with E-state index in [1.807, 2.05) is 13.8 Å². The van der Waals surface area contributed by atoms with E-state index in [4.69, 9.17) is 5.84 Å². The molecule has 0 aliphatic carbocycles. The number of hydrogen-bond donors (Lipinski definition) is 2. The van der Waals surface area contributed by atoms with Gasteiger partial charge in [-0.1, -0.05) is 11.8 Å². The molecule has 3 N–H and O–H groups in total. The van der Waals surface area contributed by atoms with Crippen LogP contribution in [0.15, 0.2) is 9.95 Å². The number of thioether (sulfide) groups is 1. The van der Waals surface area contributed by atoms with Crippen LogP contribution in [0.4, 0.5) is 13.2 Å². The molecule has 0 saturated heterocycles. The van der Waals surface area contributed by atoms with E-state index >= 15 is 0 Å². The highest BCUT2D eigenvalue weighted by molar-refractivity contribution is 7.99. The Morgan fingerprint density at radius 2 is 2.00 bits per heavy atom. The lowest BCUT2D eigenvalue weighted by Crippen LogP contribution is -2.21. The molecule has 7 nitrogen and oxygen atoms in total. The summed E-state index contributed by atoms with van der Waals surface area (Å²) in [6, 6.07) is 0. The SMILES string of the molecule is Cc1sc2nc(C(C)Sc3nnc(C(F)(F)F)n3N)[nH]c(=O)c2c1C. The molecular formula is C13H13F3N6OS2. The maximum absolute atomic E-state index is 12.7. The number of nitrogens with two attached hydrogens (primary N) is 1. The second kappa shape index (κ2) is 6.02. The first kappa shape index (κ1) is 17.7. The first-order valence-corrected chi connectivity index (χ1v) is 8.73. The predicted molar refractivity (Wildman–Crippen MR) is 89.2 cm³/mol. The zero-order valence-corrected chi connectivity index (χ0v) is 14.9. The van der Waals surface area contributed by atoms with Crippen molar-refractivity contribution in [2.24, 2.45) is 0 Å². The van der Waals surface area contributed by atoms with E-state index in [2.05, 4.69) is 20.2 Å². The Bertz CT molecular complexity index is 1010. The number of alkyl halides is 3. The zero-order chi connectivity index (χ0) is 18.5. The lowest BCUT2D eigenvalue weighted by Gasteiger charge is -2.10. The fourth-order valence-electron chi connectivity index (χ4n) is 2.23. The maximum atomic E-state index is 12.7. The van der Waals surface area contributed by atoms with Crippen LogP contribution in [-0.4, -0.2) is 24.8 Å². The van der Waals surface area contributed by atoms with Crippen molar-refractivity contribution in [3.63, 3.8) is 0 Å². The number of nitrogens with one attached hydrogen (secondary N) is 1. The fourth-order valence-corrected chi connectivity index (χ4v) is 4.09. The number of fused-ring (bicyclic) bond motifs is 1. The molecule has 134 valence electrons. The molecule has 0 spiro atoms. The molecule has 0 amide bonds. The van der Waals surface area contributed by atoms with Gasteiger partial charge in [0.05, 0.1) is 10.6 Å². The van der Waals surface area contributed by atoms with Crippen LogP contribution in [0, 0.1) is 13.8 Å². The highest BCUT2D eigenvalue weighted by Crippen LogP contribution is 2.35. The average molecular weight is 390 g/mol. The van der Waals surface area contributed by atoms with E-state index < -0.39 is 17.3 Å². The minimum atomic E-state index is -4.69. The number of thiophene rings is 1. The lowest BCUT2D eigenvalue weighted by molar-refractivity contribution is -0.146. The molecule has 1 unspecified atom stereocenters. The Morgan fingerprint density at radius 3 is 2.60 bits per heavy atom. The van der Waals surface area contributed by atoms with Crippen LogP contribution in [0.25, 0.3) is 10.2 Å². The summed E-state index contributed by atoms with van der Waals surface area (Å²) in [5, 5.41) is 6.46. The number of aromatic nitrogens is 5. The van der Waals surface area contributed by atoms with Gasteiger partial charge in [0.25, 0.3) is 11.4 Å². The van der Waals surface area contributed by atoms with Gasteiger partial charge in [-0.25, -0.2) is 9.66 Å². The van der Waals surface area contributed by atoms with Gasteiger partial charge in [0.15, 0.2) is 0 Å². The van der Waals surface area contributed by atoms with Crippen LogP contribution in [0.3, 0.4) is 0 Å². The molecule has 3 aromatic rings. The van der Waals surface area contributed by atoms with E-state index in [1.54, 1.807) is 6.92 Å². The third-order valence-corrected chi connectivity index (χ3v) is 5.81. The van der Waals surface area contributed by atoms with Gasteiger partial charge < -0.3 is 10.8 Å². The normalized spacial score (nSPS) is 13.5. The standard InChI is InChI=1S/C13H13F3N6OS2/c1-4-5(2)24-10-7(4)9(23)18-8(19-10)6(3)25-12-21-20-11(22(12)17)13(14,15)16/h6H,17H2,1-3H3,(H,18,19,23). The minimum Gasteiger partial charge on any atom is -0.335 e. The largest absolute Gasteiger partial charge is 0.453 e. The lowest BCUT2D eigenvalue weighted by atomic mass is 10.2. The van der Waals surface area contributed by atoms with E-state index in [1.165, 1.54) is 11.3 Å². The summed E-state index contributed by atoms with van der Waals surface area (Å²) in [7, 11) is 0. The molecule has 0 aliphatic rings. The van der Waals surface area contributed by atoms with Crippen molar-refractivity contribution in [2.45, 2.75) is 37.4 Å². The average Bonchev–Trinajstić information content (AvgIpc) is 3.00. The highest BCUT2D eigenvalue weighted by Gasteiger charge is 2.38. The van der Waals surface area contributed by atoms with E-state index in [0.29, 0.717) is 20.7 Å². The van der Waals surface area contributed by atoms with Crippen molar-refractivity contribution < 1.29 is 13.2 Å². The van der Waals surface area contributed by atoms with Crippen LogP contribution < -0.4 is 11.4 Å². The molecule has 3 rings (SSSR count). The van der Waals surface area contributed by atoms with Gasteiger partial charge in [-0.05, 0) is 26.3 Å². The molecule has 0 aromatic carbocycles. The van der Waals surface area contributed by atoms with Gasteiger partial charge in [-0.15, -0.1) is 21.5 Å². The van der Waals surface area contributed by atoms with Crippen molar-refractivity contribution in [3.8, 4) is 0 Å². The van der Waals surface area contributed by atoms with E-state index in [9.17, 15) is 18.0 Å². The monoisotopic (exact) mass is 390 g/mol. The molecule has 0 radical (unpaired) electrons. The minimum absolute atomic E-state index is 0.124. The van der Waals surface area contributed by atoms with Crippen molar-refractivity contribution in [1.82, 2.24) is 24.8 Å². The zero-order valence-electron chi connectivity index (χ0n) is 13.3. The van der Waals surface area contributed by atoms with Crippen molar-refractivity contribution in [1.29, 1.82) is 0 Å². The van der Waals surface area contributed by atoms with Gasteiger partial charge in [0, 0.05) is 4.88 Å². The summed E-state index contributed by atoms with van der Waals surface area (Å²) in [6.07, 6.45) is -4.69. The Kier molecular flexibility index (Phi) is 4.27. The first-order valence-electron chi connectivity index (χ1n) is 7.04. The topological polar surface area (TPSA) is 102 Å². The number of rotatable bonds is 3. The first-order chi connectivity index (χ1) is 11.6. The molecule has 3 aromatic heterocycles. The second-order valence-corrected chi connectivity index (χ2v) is 7.86. The quantitative estimate of drug-likeness (QED) is 0.527. The smallest absolute Gasteiger partial charge is 0.335 e. The predicted octanol–water partition coefficient (Wildman–Crippen LogP) is 2.78. The van der Waals surface area contributed by atoms with E-state index in [-0.39, 0.29) is 10.7 Å². The molecule has 0 saturated carbocycles. The number of H-pyrrole nitrogens is 1. The van der Waals surface area contributed by atoms with Gasteiger partial charge in [0.2, 0.25) is 5.16 Å². The van der Waals surface area contributed by atoms with Crippen LogP contribution >= 0.6 is 23.1 Å². The van der Waals surface area contributed by atoms with Gasteiger partial charge in [-0.3, -0.25) is 4.79 Å². The molecule has 3 heterocycles. The molecule has 12 heteroatoms. The van der Waals surface area contributed by atoms with Crippen molar-refractivity contribution >= 4 is 33.3 Å². The third-order valence-electron chi connectivity index (χ3n) is 3.64. The van der Waals surface area contributed by atoms with Crippen LogP contribution in [0.1, 0.15) is 34.3 Å². The fraction of sp³-hybridized carbons (Fsp3) is 0.385. The number of nitrogen functional groups attached to an aromatic ring is 1. The Labute approximate surface area is 147 Å². The third kappa shape index (κ3) is 3.11. The van der Waals surface area contributed by atoms with Crippen molar-refractivity contribution in [3.05, 3.63) is 32.4 Å². The highest BCUT2D eigenvalue weighted by atomic mass is 32.2. The van der Waals surface area contributed by atoms with Crippen LogP contribution in [0.2, 0.25) is 0 Å². The molecule has 25 heavy (non-hydrogen) atoms. The van der Waals surface area contributed by atoms with Crippen molar-refractivity contribution in [2.75, 3.05) is 5.84 Å². The summed E-state index contributed by atoms with van der Waals surface area (Å²) in [5.41, 5.74) is 0.594. The number of aryl methyl sites for hydroxylation is 2. The van der Waals surface area contributed by atoms with Crippen LogP contribution in [0.5, 0.6) is 0 Å². The number of hydrogen-bond acceptors (Lipinski definition) is 7. The molecule has 1 atom stereocenters. The summed E-state index contributed by atoms with van der Waals surface area (Å²) < 4.78 is 38.5. The summed E-state index contributed by atoms with van der Waals surface area (Å²) in [6.45, 7) is 5.43. The summed E-state index contributed by atoms with van der Waals surface area (Å²) in [5.74, 6) is 4.47. The molecular weight excluding hydrogens is 377 g/mol. The molecule has 0 bridgehead atoms.